The summed E-state index contributed by atoms with van der Waals surface area (Å²) in [7, 11) is 1.60. The number of amides is 2. The molecule has 2 aromatic carbocycles. The van der Waals surface area contributed by atoms with Crippen LogP contribution in [0.25, 0.3) is 11.0 Å². The zero-order valence-electron chi connectivity index (χ0n) is 18.6. The van der Waals surface area contributed by atoms with Gasteiger partial charge in [0.15, 0.2) is 6.10 Å². The van der Waals surface area contributed by atoms with Crippen LogP contribution in [0.5, 0.6) is 11.5 Å². The molecule has 2 heterocycles. The third-order valence-electron chi connectivity index (χ3n) is 5.90. The Balaban J connectivity index is 1.57. The Labute approximate surface area is 187 Å². The minimum Gasteiger partial charge on any atom is -0.497 e. The van der Waals surface area contributed by atoms with Gasteiger partial charge in [0, 0.05) is 23.1 Å². The smallest absolute Gasteiger partial charge is 0.263 e. The van der Waals surface area contributed by atoms with E-state index in [0.29, 0.717) is 22.8 Å². The lowest BCUT2D eigenvalue weighted by Gasteiger charge is -2.34. The number of nitrogens with one attached hydrogen (secondary N) is 1. The summed E-state index contributed by atoms with van der Waals surface area (Å²) in [6.07, 6.45) is 2.67. The van der Waals surface area contributed by atoms with E-state index in [4.69, 9.17) is 13.9 Å². The molecule has 7 heteroatoms. The van der Waals surface area contributed by atoms with E-state index in [-0.39, 0.29) is 30.8 Å². The van der Waals surface area contributed by atoms with Crippen LogP contribution in [0.15, 0.2) is 53.1 Å². The molecule has 1 atom stereocenters. The van der Waals surface area contributed by atoms with Crippen LogP contribution in [-0.2, 0) is 16.0 Å². The van der Waals surface area contributed by atoms with E-state index in [1.54, 1.807) is 30.4 Å². The van der Waals surface area contributed by atoms with Gasteiger partial charge in [-0.2, -0.15) is 0 Å². The van der Waals surface area contributed by atoms with Crippen LogP contribution in [0.2, 0.25) is 0 Å². The molecular weight excluding hydrogens is 408 g/mol. The number of nitrogens with zero attached hydrogens (tertiary/aromatic N) is 1. The lowest BCUT2D eigenvalue weighted by Crippen LogP contribution is -2.52. The van der Waals surface area contributed by atoms with Crippen molar-refractivity contribution in [2.24, 2.45) is 0 Å². The molecule has 168 valence electrons. The van der Waals surface area contributed by atoms with Gasteiger partial charge in [-0.05, 0) is 37.1 Å². The highest BCUT2D eigenvalue weighted by atomic mass is 16.5. The molecule has 1 unspecified atom stereocenters. The number of methoxy groups -OCH3 is 1. The molecule has 4 rings (SSSR count). The second-order valence-corrected chi connectivity index (χ2v) is 7.90. The molecule has 0 fully saturated rings. The third kappa shape index (κ3) is 4.28. The molecule has 2 amide bonds. The lowest BCUT2D eigenvalue weighted by atomic mass is 10.1. The molecule has 0 saturated heterocycles. The number of carbonyl (C=O) groups is 2. The van der Waals surface area contributed by atoms with Crippen molar-refractivity contribution in [1.82, 2.24) is 5.32 Å². The first-order valence-corrected chi connectivity index (χ1v) is 10.9. The molecule has 32 heavy (non-hydrogen) atoms. The number of fused-ring (bicyclic) bond motifs is 2. The van der Waals surface area contributed by atoms with Gasteiger partial charge in [-0.15, -0.1) is 0 Å². The minimum atomic E-state index is -0.764. The molecule has 1 N–H and O–H groups in total. The van der Waals surface area contributed by atoms with E-state index >= 15 is 0 Å². The topological polar surface area (TPSA) is 81.0 Å². The number of benzene rings is 2. The number of carbonyl (C=O) groups excluding carboxylic acids is 2. The fraction of sp³-hybridized carbons (Fsp3) is 0.360. The maximum absolute atomic E-state index is 13.4. The van der Waals surface area contributed by atoms with E-state index < -0.39 is 6.10 Å². The molecule has 1 aromatic heterocycles. The average Bonchev–Trinajstić information content (AvgIpc) is 3.23. The minimum absolute atomic E-state index is 0.0849. The largest absolute Gasteiger partial charge is 0.497 e. The molecule has 7 nitrogen and oxygen atoms in total. The Morgan fingerprint density at radius 1 is 1.19 bits per heavy atom. The zero-order chi connectivity index (χ0) is 22.7. The predicted octanol–water partition coefficient (Wildman–Crippen LogP) is 4.08. The number of hydrogen-bond donors (Lipinski definition) is 1. The second kappa shape index (κ2) is 9.34. The SMILES string of the molecule is CCC(CC)NC(=O)C1CN(C(=O)Cc2coc3cc(OC)ccc23)c2ccccc2O1. The Hall–Kier alpha value is -3.48. The highest BCUT2D eigenvalue weighted by Crippen LogP contribution is 2.34. The van der Waals surface area contributed by atoms with Crippen LogP contribution in [0.4, 0.5) is 5.69 Å². The fourth-order valence-electron chi connectivity index (χ4n) is 3.98. The molecule has 0 radical (unpaired) electrons. The van der Waals surface area contributed by atoms with E-state index in [9.17, 15) is 9.59 Å². The van der Waals surface area contributed by atoms with Gasteiger partial charge in [0.2, 0.25) is 5.91 Å². The van der Waals surface area contributed by atoms with Crippen molar-refractivity contribution >= 4 is 28.5 Å². The highest BCUT2D eigenvalue weighted by molar-refractivity contribution is 6.00. The van der Waals surface area contributed by atoms with Crippen LogP contribution < -0.4 is 19.7 Å². The number of hydrogen-bond acceptors (Lipinski definition) is 5. The Bertz CT molecular complexity index is 1120. The van der Waals surface area contributed by atoms with Crippen LogP contribution >= 0.6 is 0 Å². The van der Waals surface area contributed by atoms with Gasteiger partial charge >= 0.3 is 0 Å². The average molecular weight is 437 g/mol. The van der Waals surface area contributed by atoms with E-state index in [1.807, 2.05) is 44.2 Å². The first-order chi connectivity index (χ1) is 15.5. The van der Waals surface area contributed by atoms with Crippen molar-refractivity contribution in [2.45, 2.75) is 45.3 Å². The molecule has 3 aromatic rings. The first kappa shape index (κ1) is 21.7. The normalized spacial score (nSPS) is 15.4. The summed E-state index contributed by atoms with van der Waals surface area (Å²) >= 11 is 0. The van der Waals surface area contributed by atoms with Crippen molar-refractivity contribution in [1.29, 1.82) is 0 Å². The molecule has 0 bridgehead atoms. The van der Waals surface area contributed by atoms with E-state index in [2.05, 4.69) is 5.32 Å². The molecule has 0 aliphatic carbocycles. The monoisotopic (exact) mass is 436 g/mol. The number of anilines is 1. The van der Waals surface area contributed by atoms with Crippen molar-refractivity contribution < 1.29 is 23.5 Å². The van der Waals surface area contributed by atoms with E-state index in [1.165, 1.54) is 0 Å². The summed E-state index contributed by atoms with van der Waals surface area (Å²) in [6, 6.07) is 12.9. The molecular formula is C25H28N2O5. The second-order valence-electron chi connectivity index (χ2n) is 7.90. The molecule has 0 spiro atoms. The summed E-state index contributed by atoms with van der Waals surface area (Å²) in [5.74, 6) is 0.892. The number of ether oxygens (including phenoxy) is 2. The number of rotatable bonds is 7. The van der Waals surface area contributed by atoms with Crippen molar-refractivity contribution in [3.8, 4) is 11.5 Å². The maximum atomic E-state index is 13.4. The summed E-state index contributed by atoms with van der Waals surface area (Å²) in [5, 5.41) is 3.89. The van der Waals surface area contributed by atoms with Crippen molar-refractivity contribution in [2.75, 3.05) is 18.6 Å². The van der Waals surface area contributed by atoms with Gasteiger partial charge in [-0.25, -0.2) is 0 Å². The van der Waals surface area contributed by atoms with Gasteiger partial charge in [-0.3, -0.25) is 9.59 Å². The van der Waals surface area contributed by atoms with E-state index in [0.717, 1.165) is 23.8 Å². The molecule has 0 saturated carbocycles. The van der Waals surface area contributed by atoms with Gasteiger partial charge in [-0.1, -0.05) is 26.0 Å². The van der Waals surface area contributed by atoms with Gasteiger partial charge in [0.05, 0.1) is 32.0 Å². The Morgan fingerprint density at radius 3 is 2.72 bits per heavy atom. The van der Waals surface area contributed by atoms with Gasteiger partial charge < -0.3 is 24.1 Å². The predicted molar refractivity (Wildman–Crippen MR) is 122 cm³/mol. The first-order valence-electron chi connectivity index (χ1n) is 10.9. The Kier molecular flexibility index (Phi) is 6.35. The lowest BCUT2D eigenvalue weighted by molar-refractivity contribution is -0.129. The van der Waals surface area contributed by atoms with Crippen molar-refractivity contribution in [3.63, 3.8) is 0 Å². The van der Waals surface area contributed by atoms with Crippen LogP contribution in [0, 0.1) is 0 Å². The third-order valence-corrected chi connectivity index (χ3v) is 5.90. The summed E-state index contributed by atoms with van der Waals surface area (Å²) in [5.41, 5.74) is 2.12. The van der Waals surface area contributed by atoms with Gasteiger partial charge in [0.1, 0.15) is 17.1 Å². The summed E-state index contributed by atoms with van der Waals surface area (Å²) in [6.45, 7) is 4.23. The number of furan rings is 1. The Morgan fingerprint density at radius 2 is 1.97 bits per heavy atom. The van der Waals surface area contributed by atoms with Crippen LogP contribution in [-0.4, -0.2) is 37.6 Å². The zero-order valence-corrected chi connectivity index (χ0v) is 18.6. The van der Waals surface area contributed by atoms with Crippen LogP contribution in [0.1, 0.15) is 32.3 Å². The fourth-order valence-corrected chi connectivity index (χ4v) is 3.98. The standard InChI is InChI=1S/C25H28N2O5/c1-4-17(5-2)26-25(29)23-14-27(20-8-6-7-9-21(20)32-23)24(28)12-16-15-31-22-13-18(30-3)10-11-19(16)22/h6-11,13,15,17,23H,4-5,12,14H2,1-3H3,(H,26,29). The quantitative estimate of drug-likeness (QED) is 0.604. The van der Waals surface area contributed by atoms with Crippen LogP contribution in [0.3, 0.4) is 0 Å². The maximum Gasteiger partial charge on any atom is 0.263 e. The molecule has 1 aliphatic heterocycles. The number of para-hydroxylation sites is 2. The summed E-state index contributed by atoms with van der Waals surface area (Å²) < 4.78 is 16.8. The highest BCUT2D eigenvalue weighted by Gasteiger charge is 2.34. The molecule has 1 aliphatic rings. The van der Waals surface area contributed by atoms with Crippen molar-refractivity contribution in [3.05, 3.63) is 54.3 Å². The summed E-state index contributed by atoms with van der Waals surface area (Å²) in [4.78, 5) is 27.9. The van der Waals surface area contributed by atoms with Gasteiger partial charge in [0.25, 0.3) is 5.91 Å².